The summed E-state index contributed by atoms with van der Waals surface area (Å²) in [6.07, 6.45) is 1.53. The lowest BCUT2D eigenvalue weighted by molar-refractivity contribution is 0.0947. The van der Waals surface area contributed by atoms with E-state index < -0.39 is 0 Å². The third-order valence-corrected chi connectivity index (χ3v) is 2.93. The topological polar surface area (TPSA) is 68.0 Å². The molecule has 5 nitrogen and oxygen atoms in total. The van der Waals surface area contributed by atoms with E-state index in [0.717, 1.165) is 5.69 Å². The molecule has 0 unspecified atom stereocenters. The number of nitrogens with zero attached hydrogens (tertiary/aromatic N) is 2. The lowest BCUT2D eigenvalue weighted by Crippen LogP contribution is -2.24. The summed E-state index contributed by atoms with van der Waals surface area (Å²) < 4.78 is 4.92. The zero-order valence-electron chi connectivity index (χ0n) is 11.6. The number of halogens is 1. The number of pyridine rings is 1. The second kappa shape index (κ2) is 5.63. The first kappa shape index (κ1) is 14.5. The van der Waals surface area contributed by atoms with Crippen LogP contribution < -0.4 is 5.32 Å². The van der Waals surface area contributed by atoms with Crippen molar-refractivity contribution in [3.8, 4) is 0 Å². The van der Waals surface area contributed by atoms with Crippen LogP contribution in [0.3, 0.4) is 0 Å². The summed E-state index contributed by atoms with van der Waals surface area (Å²) in [5, 5.41) is 6.63. The highest BCUT2D eigenvalue weighted by Gasteiger charge is 2.19. The second-order valence-corrected chi connectivity index (χ2v) is 5.86. The van der Waals surface area contributed by atoms with Crippen LogP contribution in [0, 0.1) is 0 Å². The minimum Gasteiger partial charge on any atom is -0.360 e. The molecule has 1 N–H and O–H groups in total. The van der Waals surface area contributed by atoms with Gasteiger partial charge in [0.15, 0.2) is 5.76 Å². The minimum atomic E-state index is -0.226. The van der Waals surface area contributed by atoms with Gasteiger partial charge in [0.2, 0.25) is 0 Å². The van der Waals surface area contributed by atoms with Gasteiger partial charge in [-0.1, -0.05) is 37.5 Å². The highest BCUT2D eigenvalue weighted by molar-refractivity contribution is 6.29. The standard InChI is InChI=1S/C14H16ClN3O2/c1-14(2,3)11-6-9(7-12(15)18-11)13(19)16-8-10-4-5-17-20-10/h4-7H,8H2,1-3H3,(H,16,19). The smallest absolute Gasteiger partial charge is 0.251 e. The van der Waals surface area contributed by atoms with Gasteiger partial charge in [-0.15, -0.1) is 0 Å². The molecular formula is C14H16ClN3O2. The molecule has 106 valence electrons. The van der Waals surface area contributed by atoms with Gasteiger partial charge in [-0.05, 0) is 12.1 Å². The Morgan fingerprint density at radius 3 is 2.75 bits per heavy atom. The summed E-state index contributed by atoms with van der Waals surface area (Å²) >= 11 is 5.98. The molecule has 0 fully saturated rings. The van der Waals surface area contributed by atoms with Crippen LogP contribution in [0.1, 0.15) is 42.6 Å². The van der Waals surface area contributed by atoms with Crippen molar-refractivity contribution in [3.05, 3.63) is 46.6 Å². The van der Waals surface area contributed by atoms with E-state index >= 15 is 0 Å². The maximum Gasteiger partial charge on any atom is 0.251 e. The van der Waals surface area contributed by atoms with Gasteiger partial charge in [-0.2, -0.15) is 0 Å². The van der Waals surface area contributed by atoms with Crippen LogP contribution in [0.15, 0.2) is 28.9 Å². The molecule has 2 aromatic rings. The zero-order chi connectivity index (χ0) is 14.8. The van der Waals surface area contributed by atoms with Gasteiger partial charge in [-0.25, -0.2) is 4.98 Å². The van der Waals surface area contributed by atoms with Crippen molar-refractivity contribution < 1.29 is 9.32 Å². The number of carbonyl (C=O) groups is 1. The van der Waals surface area contributed by atoms with Crippen LogP contribution in [0.4, 0.5) is 0 Å². The van der Waals surface area contributed by atoms with E-state index in [1.54, 1.807) is 18.2 Å². The van der Waals surface area contributed by atoms with E-state index in [9.17, 15) is 4.79 Å². The van der Waals surface area contributed by atoms with E-state index in [-0.39, 0.29) is 17.9 Å². The van der Waals surface area contributed by atoms with Crippen LogP contribution >= 0.6 is 11.6 Å². The van der Waals surface area contributed by atoms with Crippen molar-refractivity contribution in [2.45, 2.75) is 32.7 Å². The predicted octanol–water partition coefficient (Wildman–Crippen LogP) is 2.95. The predicted molar refractivity (Wildman–Crippen MR) is 75.6 cm³/mol. The van der Waals surface area contributed by atoms with Crippen molar-refractivity contribution >= 4 is 17.5 Å². The molecule has 20 heavy (non-hydrogen) atoms. The quantitative estimate of drug-likeness (QED) is 0.884. The maximum absolute atomic E-state index is 12.1. The van der Waals surface area contributed by atoms with Crippen LogP contribution in [-0.4, -0.2) is 16.0 Å². The number of rotatable bonds is 3. The van der Waals surface area contributed by atoms with Crippen molar-refractivity contribution in [2.24, 2.45) is 0 Å². The molecule has 6 heteroatoms. The van der Waals surface area contributed by atoms with Crippen LogP contribution in [0.2, 0.25) is 5.15 Å². The molecule has 0 aliphatic rings. The summed E-state index contributed by atoms with van der Waals surface area (Å²) in [6, 6.07) is 4.99. The van der Waals surface area contributed by atoms with Gasteiger partial charge in [0, 0.05) is 22.7 Å². The SMILES string of the molecule is CC(C)(C)c1cc(C(=O)NCc2ccno2)cc(Cl)n1. The Bertz CT molecular complexity index is 603. The van der Waals surface area contributed by atoms with Gasteiger partial charge in [0.05, 0.1) is 12.7 Å². The molecule has 0 bridgehead atoms. The van der Waals surface area contributed by atoms with E-state index in [2.05, 4.69) is 15.5 Å². The average molecular weight is 294 g/mol. The highest BCUT2D eigenvalue weighted by atomic mass is 35.5. The summed E-state index contributed by atoms with van der Waals surface area (Å²) in [5.41, 5.74) is 1.08. The number of hydrogen-bond donors (Lipinski definition) is 1. The summed E-state index contributed by atoms with van der Waals surface area (Å²) in [5.74, 6) is 0.366. The fourth-order valence-electron chi connectivity index (χ4n) is 1.61. The van der Waals surface area contributed by atoms with E-state index in [1.807, 2.05) is 20.8 Å². The molecule has 0 radical (unpaired) electrons. The first-order valence-corrected chi connectivity index (χ1v) is 6.60. The summed E-state index contributed by atoms with van der Waals surface area (Å²) in [4.78, 5) is 16.4. The van der Waals surface area contributed by atoms with Crippen LogP contribution in [-0.2, 0) is 12.0 Å². The Hall–Kier alpha value is -1.88. The molecule has 0 spiro atoms. The normalized spacial score (nSPS) is 11.4. The molecule has 0 saturated carbocycles. The summed E-state index contributed by atoms with van der Waals surface area (Å²) in [6.45, 7) is 6.33. The van der Waals surface area contributed by atoms with E-state index in [1.165, 1.54) is 6.20 Å². The largest absolute Gasteiger partial charge is 0.360 e. The third kappa shape index (κ3) is 3.57. The Morgan fingerprint density at radius 1 is 1.40 bits per heavy atom. The zero-order valence-corrected chi connectivity index (χ0v) is 12.4. The number of amides is 1. The van der Waals surface area contributed by atoms with Crippen molar-refractivity contribution in [1.82, 2.24) is 15.5 Å². The van der Waals surface area contributed by atoms with Gasteiger partial charge in [0.1, 0.15) is 5.15 Å². The number of hydrogen-bond acceptors (Lipinski definition) is 4. The Morgan fingerprint density at radius 2 is 2.15 bits per heavy atom. The molecule has 0 aliphatic heterocycles. The Balaban J connectivity index is 2.15. The third-order valence-electron chi connectivity index (χ3n) is 2.74. The molecule has 0 aromatic carbocycles. The first-order valence-electron chi connectivity index (χ1n) is 6.22. The number of aromatic nitrogens is 2. The monoisotopic (exact) mass is 293 g/mol. The Kier molecular flexibility index (Phi) is 4.09. The van der Waals surface area contributed by atoms with Crippen molar-refractivity contribution in [1.29, 1.82) is 0 Å². The average Bonchev–Trinajstić information content (AvgIpc) is 2.87. The van der Waals surface area contributed by atoms with Crippen molar-refractivity contribution in [2.75, 3.05) is 0 Å². The number of nitrogens with one attached hydrogen (secondary N) is 1. The Labute approximate surface area is 122 Å². The fraction of sp³-hybridized carbons (Fsp3) is 0.357. The van der Waals surface area contributed by atoms with Crippen molar-refractivity contribution in [3.63, 3.8) is 0 Å². The maximum atomic E-state index is 12.1. The van der Waals surface area contributed by atoms with Gasteiger partial charge in [-0.3, -0.25) is 4.79 Å². The first-order chi connectivity index (χ1) is 9.36. The van der Waals surface area contributed by atoms with Gasteiger partial charge < -0.3 is 9.84 Å². The summed E-state index contributed by atoms with van der Waals surface area (Å²) in [7, 11) is 0. The minimum absolute atomic E-state index is 0.176. The lowest BCUT2D eigenvalue weighted by atomic mass is 9.91. The molecule has 0 atom stereocenters. The highest BCUT2D eigenvalue weighted by Crippen LogP contribution is 2.23. The molecular weight excluding hydrogens is 278 g/mol. The van der Waals surface area contributed by atoms with Crippen LogP contribution in [0.25, 0.3) is 0 Å². The molecule has 0 aliphatic carbocycles. The van der Waals surface area contributed by atoms with Gasteiger partial charge >= 0.3 is 0 Å². The van der Waals surface area contributed by atoms with Crippen LogP contribution in [0.5, 0.6) is 0 Å². The lowest BCUT2D eigenvalue weighted by Gasteiger charge is -2.18. The van der Waals surface area contributed by atoms with Gasteiger partial charge in [0.25, 0.3) is 5.91 Å². The fourth-order valence-corrected chi connectivity index (χ4v) is 1.82. The molecule has 2 aromatic heterocycles. The van der Waals surface area contributed by atoms with E-state index in [0.29, 0.717) is 16.5 Å². The molecule has 2 heterocycles. The second-order valence-electron chi connectivity index (χ2n) is 5.48. The number of carbonyl (C=O) groups excluding carboxylic acids is 1. The molecule has 0 saturated heterocycles. The molecule has 1 amide bonds. The molecule has 2 rings (SSSR count). The van der Waals surface area contributed by atoms with E-state index in [4.69, 9.17) is 16.1 Å².